The maximum Gasteiger partial charge on any atom is 0.416 e. The van der Waals surface area contributed by atoms with E-state index in [1.54, 1.807) is 0 Å². The molecule has 0 saturated carbocycles. The average molecular weight is 276 g/mol. The molecular weight excluding hydrogens is 265 g/mol. The van der Waals surface area contributed by atoms with Crippen molar-refractivity contribution in [2.75, 3.05) is 19.0 Å². The van der Waals surface area contributed by atoms with Gasteiger partial charge in [-0.1, -0.05) is 6.07 Å². The quantitative estimate of drug-likeness (QED) is 0.830. The van der Waals surface area contributed by atoms with Gasteiger partial charge >= 0.3 is 18.2 Å². The zero-order chi connectivity index (χ0) is 14.5. The molecule has 0 bridgehead atoms. The van der Waals surface area contributed by atoms with Gasteiger partial charge < -0.3 is 15.4 Å². The van der Waals surface area contributed by atoms with E-state index < -0.39 is 23.7 Å². The minimum absolute atomic E-state index is 0.0304. The van der Waals surface area contributed by atoms with Gasteiger partial charge in [0.2, 0.25) is 0 Å². The fraction of sp³-hybridized carbons (Fsp3) is 0.273. The summed E-state index contributed by atoms with van der Waals surface area (Å²) < 4.78 is 41.5. The van der Waals surface area contributed by atoms with Crippen LogP contribution in [-0.2, 0) is 15.7 Å². The maximum atomic E-state index is 12.4. The lowest BCUT2D eigenvalue weighted by molar-refractivity contribution is -0.139. The Hall–Kier alpha value is -2.25. The number of carbonyl (C=O) groups is 2. The second kappa shape index (κ2) is 6.07. The number of anilines is 1. The summed E-state index contributed by atoms with van der Waals surface area (Å²) in [6, 6.07) is 3.34. The molecule has 0 spiro atoms. The molecule has 1 aromatic rings. The van der Waals surface area contributed by atoms with Gasteiger partial charge in [-0.3, -0.25) is 4.79 Å². The first-order valence-electron chi connectivity index (χ1n) is 5.12. The van der Waals surface area contributed by atoms with Gasteiger partial charge in [0.05, 0.1) is 12.7 Å². The molecule has 0 aromatic heterocycles. The number of urea groups is 1. The lowest BCUT2D eigenvalue weighted by atomic mass is 10.2. The van der Waals surface area contributed by atoms with Crippen molar-refractivity contribution in [2.24, 2.45) is 0 Å². The number of methoxy groups -OCH3 is 1. The summed E-state index contributed by atoms with van der Waals surface area (Å²) in [5.41, 5.74) is -0.907. The van der Waals surface area contributed by atoms with Crippen LogP contribution in [-0.4, -0.2) is 25.7 Å². The van der Waals surface area contributed by atoms with E-state index in [0.29, 0.717) is 0 Å². The highest BCUT2D eigenvalue weighted by Gasteiger charge is 2.30. The van der Waals surface area contributed by atoms with Crippen molar-refractivity contribution in [1.29, 1.82) is 0 Å². The average Bonchev–Trinajstić information content (AvgIpc) is 2.35. The molecule has 0 aliphatic heterocycles. The third kappa shape index (κ3) is 4.86. The van der Waals surface area contributed by atoms with Crippen LogP contribution in [0.3, 0.4) is 0 Å². The van der Waals surface area contributed by atoms with Gasteiger partial charge in [-0.05, 0) is 18.2 Å². The molecule has 5 nitrogen and oxygen atoms in total. The molecule has 0 unspecified atom stereocenters. The minimum atomic E-state index is -4.49. The monoisotopic (exact) mass is 276 g/mol. The van der Waals surface area contributed by atoms with Crippen LogP contribution < -0.4 is 10.6 Å². The van der Waals surface area contributed by atoms with Crippen molar-refractivity contribution in [2.45, 2.75) is 6.18 Å². The fourth-order valence-corrected chi connectivity index (χ4v) is 1.17. The van der Waals surface area contributed by atoms with Crippen LogP contribution in [0.1, 0.15) is 5.56 Å². The third-order valence-corrected chi connectivity index (χ3v) is 2.07. The summed E-state index contributed by atoms with van der Waals surface area (Å²) >= 11 is 0. The number of ether oxygens (including phenoxy) is 1. The highest BCUT2D eigenvalue weighted by Crippen LogP contribution is 2.30. The number of nitrogens with one attached hydrogen (secondary N) is 2. The number of alkyl halides is 3. The predicted molar refractivity (Wildman–Crippen MR) is 60.5 cm³/mol. The number of carbonyl (C=O) groups excluding carboxylic acids is 2. The van der Waals surface area contributed by atoms with Crippen LogP contribution in [0.5, 0.6) is 0 Å². The van der Waals surface area contributed by atoms with E-state index in [1.165, 1.54) is 12.1 Å². The normalized spacial score (nSPS) is 10.7. The standard InChI is InChI=1S/C11H11F3N2O3/c1-19-9(17)6-15-10(18)16-8-4-2-3-7(5-8)11(12,13)14/h2-5H,6H2,1H3,(H2,15,16,18). The Morgan fingerprint density at radius 3 is 2.58 bits per heavy atom. The first-order chi connectivity index (χ1) is 8.82. The molecule has 0 saturated heterocycles. The summed E-state index contributed by atoms with van der Waals surface area (Å²) in [5.74, 6) is -0.667. The molecule has 19 heavy (non-hydrogen) atoms. The predicted octanol–water partition coefficient (Wildman–Crippen LogP) is 2.00. The molecule has 0 heterocycles. The molecule has 2 amide bonds. The molecule has 0 aliphatic carbocycles. The second-order valence-corrected chi connectivity index (χ2v) is 3.46. The minimum Gasteiger partial charge on any atom is -0.468 e. The van der Waals surface area contributed by atoms with Crippen LogP contribution in [0.25, 0.3) is 0 Å². The number of esters is 1. The molecule has 1 rings (SSSR count). The summed E-state index contributed by atoms with van der Waals surface area (Å²) in [6.07, 6.45) is -4.49. The Balaban J connectivity index is 2.62. The van der Waals surface area contributed by atoms with Crippen molar-refractivity contribution < 1.29 is 27.5 Å². The first-order valence-corrected chi connectivity index (χ1v) is 5.12. The van der Waals surface area contributed by atoms with Crippen LogP contribution in [0.2, 0.25) is 0 Å². The molecule has 104 valence electrons. The zero-order valence-electron chi connectivity index (χ0n) is 9.88. The van der Waals surface area contributed by atoms with Gasteiger partial charge in [0.1, 0.15) is 6.54 Å². The van der Waals surface area contributed by atoms with Crippen LogP contribution in [0, 0.1) is 0 Å². The number of hydrogen-bond donors (Lipinski definition) is 2. The van der Waals surface area contributed by atoms with Crippen molar-refractivity contribution >= 4 is 17.7 Å². The van der Waals surface area contributed by atoms with Crippen LogP contribution in [0.15, 0.2) is 24.3 Å². The molecule has 0 radical (unpaired) electrons. The number of benzene rings is 1. The number of halogens is 3. The summed E-state index contributed by atoms with van der Waals surface area (Å²) in [4.78, 5) is 22.0. The highest BCUT2D eigenvalue weighted by molar-refractivity contribution is 5.91. The largest absolute Gasteiger partial charge is 0.468 e. The zero-order valence-corrected chi connectivity index (χ0v) is 9.88. The van der Waals surface area contributed by atoms with E-state index in [9.17, 15) is 22.8 Å². The van der Waals surface area contributed by atoms with E-state index >= 15 is 0 Å². The summed E-state index contributed by atoms with van der Waals surface area (Å²) in [7, 11) is 1.15. The Morgan fingerprint density at radius 2 is 2.00 bits per heavy atom. The van der Waals surface area contributed by atoms with Crippen LogP contribution >= 0.6 is 0 Å². The molecule has 8 heteroatoms. The molecule has 0 aliphatic rings. The Bertz CT molecular complexity index is 474. The van der Waals surface area contributed by atoms with Gasteiger partial charge in [-0.2, -0.15) is 13.2 Å². The molecular formula is C11H11F3N2O3. The third-order valence-electron chi connectivity index (χ3n) is 2.07. The Labute approximate surface area is 106 Å². The van der Waals surface area contributed by atoms with E-state index in [4.69, 9.17) is 0 Å². The summed E-state index contributed by atoms with van der Waals surface area (Å²) in [6.45, 7) is -0.374. The molecule has 0 atom stereocenters. The van der Waals surface area contributed by atoms with E-state index in [-0.39, 0.29) is 12.2 Å². The van der Waals surface area contributed by atoms with Crippen molar-refractivity contribution in [3.05, 3.63) is 29.8 Å². The SMILES string of the molecule is COC(=O)CNC(=O)Nc1cccc(C(F)(F)F)c1. The molecule has 0 fully saturated rings. The van der Waals surface area contributed by atoms with Crippen molar-refractivity contribution in [1.82, 2.24) is 5.32 Å². The smallest absolute Gasteiger partial charge is 0.416 e. The van der Waals surface area contributed by atoms with Gasteiger partial charge in [0, 0.05) is 5.69 Å². The lowest BCUT2D eigenvalue weighted by Gasteiger charge is -2.10. The fourth-order valence-electron chi connectivity index (χ4n) is 1.17. The maximum absolute atomic E-state index is 12.4. The highest BCUT2D eigenvalue weighted by atomic mass is 19.4. The molecule has 2 N–H and O–H groups in total. The number of rotatable bonds is 3. The number of hydrogen-bond acceptors (Lipinski definition) is 3. The van der Waals surface area contributed by atoms with E-state index in [1.807, 2.05) is 0 Å². The first kappa shape index (κ1) is 14.8. The Morgan fingerprint density at radius 1 is 1.32 bits per heavy atom. The van der Waals surface area contributed by atoms with E-state index in [2.05, 4.69) is 15.4 Å². The number of amides is 2. The molecule has 1 aromatic carbocycles. The van der Waals surface area contributed by atoms with Gasteiger partial charge in [-0.15, -0.1) is 0 Å². The lowest BCUT2D eigenvalue weighted by Crippen LogP contribution is -2.33. The topological polar surface area (TPSA) is 67.4 Å². The summed E-state index contributed by atoms with van der Waals surface area (Å²) in [5, 5.41) is 4.31. The van der Waals surface area contributed by atoms with E-state index in [0.717, 1.165) is 19.2 Å². The Kier molecular flexibility index (Phi) is 4.74. The van der Waals surface area contributed by atoms with Gasteiger partial charge in [0.15, 0.2) is 0 Å². The second-order valence-electron chi connectivity index (χ2n) is 3.46. The van der Waals surface area contributed by atoms with Crippen molar-refractivity contribution in [3.8, 4) is 0 Å². The van der Waals surface area contributed by atoms with Crippen LogP contribution in [0.4, 0.5) is 23.7 Å². The van der Waals surface area contributed by atoms with Gasteiger partial charge in [-0.25, -0.2) is 4.79 Å². The van der Waals surface area contributed by atoms with Crippen molar-refractivity contribution in [3.63, 3.8) is 0 Å². The van der Waals surface area contributed by atoms with Gasteiger partial charge in [0.25, 0.3) is 0 Å².